The van der Waals surface area contributed by atoms with E-state index in [9.17, 15) is 4.79 Å². The lowest BCUT2D eigenvalue weighted by Gasteiger charge is -2.35. The molecule has 1 heterocycles. The van der Waals surface area contributed by atoms with Crippen molar-refractivity contribution in [2.75, 3.05) is 39.3 Å². The van der Waals surface area contributed by atoms with Gasteiger partial charge in [0.25, 0.3) is 0 Å². The van der Waals surface area contributed by atoms with Gasteiger partial charge >= 0.3 is 0 Å². The fraction of sp³-hybridized carbons (Fsp3) is 0.611. The maximum atomic E-state index is 12.4. The lowest BCUT2D eigenvalue weighted by Crippen LogP contribution is -2.49. The second-order valence-electron chi connectivity index (χ2n) is 6.33. The van der Waals surface area contributed by atoms with Crippen molar-refractivity contribution in [2.24, 2.45) is 5.92 Å². The van der Waals surface area contributed by atoms with Crippen LogP contribution in [0.15, 0.2) is 24.3 Å². The monoisotopic (exact) mass is 304 g/mol. The molecule has 0 aliphatic carbocycles. The summed E-state index contributed by atoms with van der Waals surface area (Å²) in [4.78, 5) is 16.8. The molecule has 1 aliphatic rings. The van der Waals surface area contributed by atoms with Gasteiger partial charge in [0, 0.05) is 32.7 Å². The van der Waals surface area contributed by atoms with E-state index in [1.807, 2.05) is 36.1 Å². The van der Waals surface area contributed by atoms with Crippen molar-refractivity contribution in [1.82, 2.24) is 9.80 Å². The number of nitrogens with zero attached hydrogens (tertiary/aromatic N) is 2. The van der Waals surface area contributed by atoms with Crippen LogP contribution in [0, 0.1) is 5.92 Å². The molecule has 1 amide bonds. The number of hydrogen-bond donors (Lipinski definition) is 0. The molecule has 0 N–H and O–H groups in total. The molecule has 1 aromatic rings. The van der Waals surface area contributed by atoms with Crippen molar-refractivity contribution in [1.29, 1.82) is 0 Å². The summed E-state index contributed by atoms with van der Waals surface area (Å²) in [5, 5.41) is 0. The number of carbonyl (C=O) groups is 1. The molecule has 0 radical (unpaired) electrons. The summed E-state index contributed by atoms with van der Waals surface area (Å²) in [5.74, 6) is 1.78. The van der Waals surface area contributed by atoms with Crippen LogP contribution in [0.25, 0.3) is 0 Å². The summed E-state index contributed by atoms with van der Waals surface area (Å²) in [6.07, 6.45) is 0.483. The van der Waals surface area contributed by atoms with Gasteiger partial charge in [0.2, 0.25) is 5.91 Å². The van der Waals surface area contributed by atoms with Crippen LogP contribution in [0.1, 0.15) is 26.3 Å². The van der Waals surface area contributed by atoms with Gasteiger partial charge in [-0.15, -0.1) is 0 Å². The van der Waals surface area contributed by atoms with Crippen LogP contribution in [0.3, 0.4) is 0 Å². The first-order valence-electron chi connectivity index (χ1n) is 8.30. The number of ether oxygens (including phenoxy) is 1. The van der Waals surface area contributed by atoms with Crippen LogP contribution in [-0.4, -0.2) is 55.0 Å². The Balaban J connectivity index is 1.80. The summed E-state index contributed by atoms with van der Waals surface area (Å²) in [5.41, 5.74) is 1.05. The molecular weight excluding hydrogens is 276 g/mol. The summed E-state index contributed by atoms with van der Waals surface area (Å²) in [6.45, 7) is 11.9. The Morgan fingerprint density at radius 1 is 1.14 bits per heavy atom. The highest BCUT2D eigenvalue weighted by Gasteiger charge is 2.21. The van der Waals surface area contributed by atoms with E-state index in [0.717, 1.165) is 44.0 Å². The predicted molar refractivity (Wildman–Crippen MR) is 89.2 cm³/mol. The Labute approximate surface area is 134 Å². The van der Waals surface area contributed by atoms with Crippen molar-refractivity contribution in [2.45, 2.75) is 27.2 Å². The molecule has 0 saturated carbocycles. The quantitative estimate of drug-likeness (QED) is 0.809. The summed E-state index contributed by atoms with van der Waals surface area (Å²) >= 11 is 0. The smallest absolute Gasteiger partial charge is 0.227 e. The molecular formula is C18H28N2O2. The Bertz CT molecular complexity index is 462. The van der Waals surface area contributed by atoms with Crippen LogP contribution in [-0.2, 0) is 11.2 Å². The lowest BCUT2D eigenvalue weighted by atomic mass is 10.1. The predicted octanol–water partition coefficient (Wildman–Crippen LogP) is 2.43. The Hall–Kier alpha value is -1.55. The van der Waals surface area contributed by atoms with Gasteiger partial charge in [-0.05, 0) is 30.5 Å². The molecule has 1 saturated heterocycles. The molecule has 4 heteroatoms. The van der Waals surface area contributed by atoms with E-state index in [0.29, 0.717) is 18.9 Å². The van der Waals surface area contributed by atoms with Gasteiger partial charge in [0.05, 0.1) is 13.0 Å². The van der Waals surface area contributed by atoms with Crippen LogP contribution < -0.4 is 4.74 Å². The Kier molecular flexibility index (Phi) is 6.25. The molecule has 0 spiro atoms. The molecule has 0 atom stereocenters. The minimum atomic E-state index is 0.230. The van der Waals surface area contributed by atoms with Crippen LogP contribution >= 0.6 is 0 Å². The summed E-state index contributed by atoms with van der Waals surface area (Å²) in [7, 11) is 0. The largest absolute Gasteiger partial charge is 0.494 e. The van der Waals surface area contributed by atoms with E-state index in [1.54, 1.807) is 0 Å². The molecule has 122 valence electrons. The van der Waals surface area contributed by atoms with E-state index in [-0.39, 0.29) is 5.91 Å². The minimum absolute atomic E-state index is 0.230. The van der Waals surface area contributed by atoms with Crippen LogP contribution in [0.2, 0.25) is 0 Å². The number of carbonyl (C=O) groups excluding carboxylic acids is 1. The highest BCUT2D eigenvalue weighted by atomic mass is 16.5. The SMILES string of the molecule is CCOc1ccc(CC(=O)N2CCN(CC(C)C)CC2)cc1. The van der Waals surface area contributed by atoms with Gasteiger partial charge in [0.15, 0.2) is 0 Å². The Morgan fingerprint density at radius 3 is 2.32 bits per heavy atom. The molecule has 1 aliphatic heterocycles. The number of benzene rings is 1. The van der Waals surface area contributed by atoms with E-state index < -0.39 is 0 Å². The topological polar surface area (TPSA) is 32.8 Å². The second kappa shape index (κ2) is 8.18. The zero-order valence-electron chi connectivity index (χ0n) is 14.0. The molecule has 1 aromatic carbocycles. The van der Waals surface area contributed by atoms with E-state index in [4.69, 9.17) is 4.74 Å². The summed E-state index contributed by atoms with van der Waals surface area (Å²) in [6, 6.07) is 7.84. The number of amides is 1. The van der Waals surface area contributed by atoms with Crippen molar-refractivity contribution in [3.8, 4) is 5.75 Å². The van der Waals surface area contributed by atoms with Crippen molar-refractivity contribution < 1.29 is 9.53 Å². The molecule has 1 fully saturated rings. The molecule has 2 rings (SSSR count). The van der Waals surface area contributed by atoms with Gasteiger partial charge in [-0.3, -0.25) is 9.69 Å². The third kappa shape index (κ3) is 5.02. The second-order valence-corrected chi connectivity index (χ2v) is 6.33. The molecule has 22 heavy (non-hydrogen) atoms. The molecule has 0 aromatic heterocycles. The highest BCUT2D eigenvalue weighted by Crippen LogP contribution is 2.14. The fourth-order valence-electron chi connectivity index (χ4n) is 2.85. The van der Waals surface area contributed by atoms with Gasteiger partial charge in [-0.25, -0.2) is 0 Å². The number of piperazine rings is 1. The molecule has 4 nitrogen and oxygen atoms in total. The number of hydrogen-bond acceptors (Lipinski definition) is 3. The first-order chi connectivity index (χ1) is 10.6. The van der Waals surface area contributed by atoms with Gasteiger partial charge in [-0.2, -0.15) is 0 Å². The lowest BCUT2D eigenvalue weighted by molar-refractivity contribution is -0.132. The first kappa shape index (κ1) is 16.8. The van der Waals surface area contributed by atoms with E-state index >= 15 is 0 Å². The summed E-state index contributed by atoms with van der Waals surface area (Å²) < 4.78 is 5.42. The number of rotatable bonds is 6. The third-order valence-electron chi connectivity index (χ3n) is 3.94. The third-order valence-corrected chi connectivity index (χ3v) is 3.94. The van der Waals surface area contributed by atoms with E-state index in [1.165, 1.54) is 0 Å². The fourth-order valence-corrected chi connectivity index (χ4v) is 2.85. The standard InChI is InChI=1S/C18H28N2O2/c1-4-22-17-7-5-16(6-8-17)13-18(21)20-11-9-19(10-12-20)14-15(2)3/h5-8,15H,4,9-14H2,1-3H3. The molecule has 0 bridgehead atoms. The van der Waals surface area contributed by atoms with Crippen molar-refractivity contribution in [3.05, 3.63) is 29.8 Å². The van der Waals surface area contributed by atoms with Crippen molar-refractivity contribution >= 4 is 5.91 Å². The average Bonchev–Trinajstić information content (AvgIpc) is 2.49. The van der Waals surface area contributed by atoms with Crippen LogP contribution in [0.4, 0.5) is 0 Å². The van der Waals surface area contributed by atoms with Crippen LogP contribution in [0.5, 0.6) is 5.75 Å². The van der Waals surface area contributed by atoms with Crippen molar-refractivity contribution in [3.63, 3.8) is 0 Å². The normalized spacial score (nSPS) is 16.1. The highest BCUT2D eigenvalue weighted by molar-refractivity contribution is 5.78. The average molecular weight is 304 g/mol. The Morgan fingerprint density at radius 2 is 1.77 bits per heavy atom. The minimum Gasteiger partial charge on any atom is -0.494 e. The maximum Gasteiger partial charge on any atom is 0.227 e. The van der Waals surface area contributed by atoms with E-state index in [2.05, 4.69) is 18.7 Å². The van der Waals surface area contributed by atoms with Gasteiger partial charge in [-0.1, -0.05) is 26.0 Å². The zero-order chi connectivity index (χ0) is 15.9. The molecule has 0 unspecified atom stereocenters. The maximum absolute atomic E-state index is 12.4. The zero-order valence-corrected chi connectivity index (χ0v) is 14.0. The van der Waals surface area contributed by atoms with Gasteiger partial charge < -0.3 is 9.64 Å². The van der Waals surface area contributed by atoms with Gasteiger partial charge in [0.1, 0.15) is 5.75 Å². The first-order valence-corrected chi connectivity index (χ1v) is 8.30.